The van der Waals surface area contributed by atoms with Crippen molar-refractivity contribution in [2.24, 2.45) is 0 Å². The normalized spacial score (nSPS) is 12.2. The van der Waals surface area contributed by atoms with Gasteiger partial charge in [0.05, 0.1) is 0 Å². The van der Waals surface area contributed by atoms with Gasteiger partial charge in [-0.25, -0.2) is 13.6 Å². The van der Waals surface area contributed by atoms with Crippen molar-refractivity contribution in [3.05, 3.63) is 12.2 Å². The van der Waals surface area contributed by atoms with E-state index < -0.39 is 11.9 Å². The van der Waals surface area contributed by atoms with Crippen LogP contribution in [0.2, 0.25) is 0 Å². The van der Waals surface area contributed by atoms with Gasteiger partial charge in [-0.3, -0.25) is 0 Å². The Labute approximate surface area is 81.8 Å². The number of aliphatic carboxylic acids is 1. The predicted molar refractivity (Wildman–Crippen MR) is 49.5 cm³/mol. The Hall–Kier alpha value is -0.970. The molecule has 0 unspecified atom stereocenters. The van der Waals surface area contributed by atoms with Crippen molar-refractivity contribution in [2.45, 2.75) is 25.2 Å². The van der Waals surface area contributed by atoms with Gasteiger partial charge in [-0.2, -0.15) is 0 Å². The van der Waals surface area contributed by atoms with Gasteiger partial charge < -0.3 is 10.4 Å². The van der Waals surface area contributed by atoms with E-state index in [-0.39, 0.29) is 6.42 Å². The molecule has 0 aliphatic carbocycles. The fourth-order valence-corrected chi connectivity index (χ4v) is 0.939. The predicted octanol–water partition coefficient (Wildman–Crippen LogP) is 1.65. The Balaban J connectivity index is 3.77. The van der Waals surface area contributed by atoms with E-state index in [1.807, 2.05) is 0 Å². The third-order valence-corrected chi connectivity index (χ3v) is 1.66. The van der Waals surface area contributed by atoms with Crippen molar-refractivity contribution in [3.8, 4) is 0 Å². The van der Waals surface area contributed by atoms with Crippen LogP contribution in [-0.4, -0.2) is 30.6 Å². The summed E-state index contributed by atoms with van der Waals surface area (Å²) < 4.78 is 25.7. The highest BCUT2D eigenvalue weighted by Gasteiger charge is 2.24. The molecule has 0 fully saturated rings. The molecule has 3 nitrogen and oxygen atoms in total. The topological polar surface area (TPSA) is 49.3 Å². The number of hydrogen-bond acceptors (Lipinski definition) is 2. The Morgan fingerprint density at radius 2 is 2.14 bits per heavy atom. The van der Waals surface area contributed by atoms with E-state index in [1.165, 1.54) is 0 Å². The number of unbranched alkanes of at least 4 members (excludes halogenated alkanes) is 1. The molecule has 14 heavy (non-hydrogen) atoms. The zero-order valence-corrected chi connectivity index (χ0v) is 8.09. The van der Waals surface area contributed by atoms with Crippen molar-refractivity contribution in [1.82, 2.24) is 5.32 Å². The quantitative estimate of drug-likeness (QED) is 0.493. The van der Waals surface area contributed by atoms with Crippen molar-refractivity contribution < 1.29 is 18.7 Å². The molecule has 0 aromatic rings. The maximum Gasteiger partial charge on any atom is 0.328 e. The van der Waals surface area contributed by atoms with Crippen molar-refractivity contribution in [1.29, 1.82) is 0 Å². The van der Waals surface area contributed by atoms with Gasteiger partial charge in [-0.15, -0.1) is 0 Å². The SMILES string of the molecule is CNCCCCC(F)(F)C=CC(=O)O. The zero-order valence-electron chi connectivity index (χ0n) is 8.09. The number of halogens is 2. The van der Waals surface area contributed by atoms with E-state index in [9.17, 15) is 13.6 Å². The van der Waals surface area contributed by atoms with E-state index in [1.54, 1.807) is 7.05 Å². The lowest BCUT2D eigenvalue weighted by Crippen LogP contribution is -2.14. The maximum atomic E-state index is 12.8. The van der Waals surface area contributed by atoms with Gasteiger partial charge >= 0.3 is 5.97 Å². The van der Waals surface area contributed by atoms with Crippen LogP contribution in [0, 0.1) is 0 Å². The largest absolute Gasteiger partial charge is 0.478 e. The summed E-state index contributed by atoms with van der Waals surface area (Å²) in [6, 6.07) is 0. The summed E-state index contributed by atoms with van der Waals surface area (Å²) in [5, 5.41) is 11.0. The van der Waals surface area contributed by atoms with Gasteiger partial charge in [0.2, 0.25) is 0 Å². The number of alkyl halides is 2. The minimum Gasteiger partial charge on any atom is -0.478 e. The minimum absolute atomic E-state index is 0.307. The number of nitrogens with one attached hydrogen (secondary N) is 1. The Bertz CT molecular complexity index is 205. The van der Waals surface area contributed by atoms with Crippen molar-refractivity contribution in [2.75, 3.05) is 13.6 Å². The summed E-state index contributed by atoms with van der Waals surface area (Å²) in [6.45, 7) is 0.693. The van der Waals surface area contributed by atoms with E-state index in [0.29, 0.717) is 31.5 Å². The first kappa shape index (κ1) is 13.0. The van der Waals surface area contributed by atoms with Crippen LogP contribution in [0.25, 0.3) is 0 Å². The summed E-state index contributed by atoms with van der Waals surface area (Å²) in [5.74, 6) is -4.36. The third kappa shape index (κ3) is 7.67. The molecule has 0 aliphatic rings. The molecule has 0 rings (SSSR count). The van der Waals surface area contributed by atoms with Gasteiger partial charge in [0.25, 0.3) is 5.92 Å². The van der Waals surface area contributed by atoms with Gasteiger partial charge in [0.1, 0.15) is 0 Å². The monoisotopic (exact) mass is 207 g/mol. The molecular weight excluding hydrogens is 192 g/mol. The van der Waals surface area contributed by atoms with Crippen molar-refractivity contribution >= 4 is 5.97 Å². The lowest BCUT2D eigenvalue weighted by atomic mass is 10.1. The van der Waals surface area contributed by atoms with E-state index in [2.05, 4.69) is 5.32 Å². The standard InChI is InChI=1S/C9H15F2NO2/c1-12-7-3-2-5-9(10,11)6-4-8(13)14/h4,6,12H,2-3,5,7H2,1H3,(H,13,14). The molecule has 5 heteroatoms. The second-order valence-corrected chi connectivity index (χ2v) is 2.99. The second-order valence-electron chi connectivity index (χ2n) is 2.99. The van der Waals surface area contributed by atoms with Crippen LogP contribution in [0.3, 0.4) is 0 Å². The second kappa shape index (κ2) is 6.48. The van der Waals surface area contributed by atoms with Crippen LogP contribution in [0.4, 0.5) is 8.78 Å². The molecule has 0 radical (unpaired) electrons. The molecule has 0 saturated carbocycles. The molecule has 0 aromatic carbocycles. The Morgan fingerprint density at radius 3 is 2.64 bits per heavy atom. The number of allylic oxidation sites excluding steroid dienone is 1. The molecule has 0 spiro atoms. The highest BCUT2D eigenvalue weighted by Crippen LogP contribution is 2.22. The number of hydrogen-bond donors (Lipinski definition) is 2. The van der Waals surface area contributed by atoms with Crippen molar-refractivity contribution in [3.63, 3.8) is 0 Å². The summed E-state index contributed by atoms with van der Waals surface area (Å²) in [6.07, 6.45) is 1.65. The molecule has 0 saturated heterocycles. The lowest BCUT2D eigenvalue weighted by molar-refractivity contribution is -0.131. The number of carboxylic acid groups (broad SMARTS) is 1. The smallest absolute Gasteiger partial charge is 0.328 e. The van der Waals surface area contributed by atoms with Gasteiger partial charge in [0.15, 0.2) is 0 Å². The van der Waals surface area contributed by atoms with Crippen LogP contribution in [0.1, 0.15) is 19.3 Å². The zero-order chi connectivity index (χ0) is 11.0. The Kier molecular flexibility index (Phi) is 6.03. The first-order valence-electron chi connectivity index (χ1n) is 4.42. The van der Waals surface area contributed by atoms with E-state index in [0.717, 1.165) is 0 Å². The first-order chi connectivity index (χ1) is 6.48. The molecule has 0 aliphatic heterocycles. The van der Waals surface area contributed by atoms with Crippen LogP contribution >= 0.6 is 0 Å². The average Bonchev–Trinajstić information content (AvgIpc) is 2.10. The molecule has 0 atom stereocenters. The van der Waals surface area contributed by atoms with E-state index >= 15 is 0 Å². The van der Waals surface area contributed by atoms with Gasteiger partial charge in [0, 0.05) is 12.5 Å². The molecule has 0 amide bonds. The minimum atomic E-state index is -3.01. The number of carboxylic acids is 1. The van der Waals surface area contributed by atoms with Gasteiger partial charge in [-0.05, 0) is 32.5 Å². The molecule has 82 valence electrons. The molecule has 0 bridgehead atoms. The number of carbonyl (C=O) groups is 1. The van der Waals surface area contributed by atoms with Crippen LogP contribution in [0.5, 0.6) is 0 Å². The maximum absolute atomic E-state index is 12.8. The van der Waals surface area contributed by atoms with E-state index in [4.69, 9.17) is 5.11 Å². The lowest BCUT2D eigenvalue weighted by Gasteiger charge is -2.10. The molecule has 0 heterocycles. The summed E-state index contributed by atoms with van der Waals surface area (Å²) in [7, 11) is 1.75. The summed E-state index contributed by atoms with van der Waals surface area (Å²) in [5.41, 5.74) is 0. The molecule has 0 aromatic heterocycles. The summed E-state index contributed by atoms with van der Waals surface area (Å²) in [4.78, 5) is 9.99. The fourth-order valence-electron chi connectivity index (χ4n) is 0.939. The van der Waals surface area contributed by atoms with Gasteiger partial charge in [-0.1, -0.05) is 0 Å². The summed E-state index contributed by atoms with van der Waals surface area (Å²) >= 11 is 0. The highest BCUT2D eigenvalue weighted by molar-refractivity contribution is 5.79. The molecule has 2 N–H and O–H groups in total. The third-order valence-electron chi connectivity index (χ3n) is 1.66. The van der Waals surface area contributed by atoms with Crippen LogP contribution < -0.4 is 5.32 Å². The van der Waals surface area contributed by atoms with Crippen LogP contribution in [0.15, 0.2) is 12.2 Å². The molecular formula is C9H15F2NO2. The fraction of sp³-hybridized carbons (Fsp3) is 0.667. The number of rotatable bonds is 7. The Morgan fingerprint density at radius 1 is 1.50 bits per heavy atom. The van der Waals surface area contributed by atoms with Crippen LogP contribution in [-0.2, 0) is 4.79 Å². The highest BCUT2D eigenvalue weighted by atomic mass is 19.3. The average molecular weight is 207 g/mol. The first-order valence-corrected chi connectivity index (χ1v) is 4.42.